The molecule has 1 aliphatic heterocycles. The average Bonchev–Trinajstić information content (AvgIpc) is 2.28. The van der Waals surface area contributed by atoms with Crippen LogP contribution in [-0.2, 0) is 4.79 Å². The zero-order valence-corrected chi connectivity index (χ0v) is 8.72. The molecular weight excluding hydrogens is 177 g/mol. The summed E-state index contributed by atoms with van der Waals surface area (Å²) in [6.07, 6.45) is 0.747. The summed E-state index contributed by atoms with van der Waals surface area (Å²) in [6.45, 7) is 3.08. The molecule has 2 unspecified atom stereocenters. The molecule has 2 atom stereocenters. The van der Waals surface area contributed by atoms with E-state index in [1.165, 1.54) is 0 Å². The minimum Gasteiger partial charge on any atom is -0.327 e. The topological polar surface area (TPSA) is 20.3 Å². The normalized spacial score (nSPS) is 24.7. The van der Waals surface area contributed by atoms with Gasteiger partial charge in [0.25, 0.3) is 0 Å². The van der Waals surface area contributed by atoms with E-state index in [9.17, 15) is 4.79 Å². The van der Waals surface area contributed by atoms with Gasteiger partial charge in [0.2, 0.25) is 5.91 Å². The Bertz CT molecular complexity index is 153. The molecule has 1 aliphatic rings. The van der Waals surface area contributed by atoms with Crippen molar-refractivity contribution in [1.82, 2.24) is 4.67 Å². The van der Waals surface area contributed by atoms with Crippen molar-refractivity contribution in [3.8, 4) is 0 Å². The number of amides is 1. The van der Waals surface area contributed by atoms with Crippen LogP contribution in [0.3, 0.4) is 0 Å². The predicted octanol–water partition coefficient (Wildman–Crippen LogP) is 1.38. The van der Waals surface area contributed by atoms with Crippen LogP contribution in [0, 0.1) is 5.92 Å². The van der Waals surface area contributed by atoms with E-state index in [1.54, 1.807) is 4.67 Å². The lowest BCUT2D eigenvalue weighted by Gasteiger charge is -2.08. The van der Waals surface area contributed by atoms with Crippen molar-refractivity contribution in [3.05, 3.63) is 0 Å². The quantitative estimate of drug-likeness (QED) is 0.628. The third kappa shape index (κ3) is 2.64. The SMILES string of the molecule is CCSCC1CC(=O)N(P)C1. The van der Waals surface area contributed by atoms with Gasteiger partial charge >= 0.3 is 0 Å². The second kappa shape index (κ2) is 4.32. The van der Waals surface area contributed by atoms with Crippen molar-refractivity contribution >= 4 is 27.1 Å². The minimum absolute atomic E-state index is 0.275. The van der Waals surface area contributed by atoms with Crippen LogP contribution in [0.1, 0.15) is 13.3 Å². The number of hydrogen-bond donors (Lipinski definition) is 0. The summed E-state index contributed by atoms with van der Waals surface area (Å²) in [7, 11) is 2.48. The molecule has 1 rings (SSSR count). The third-order valence-corrected chi connectivity index (χ3v) is 3.41. The second-order valence-electron chi connectivity index (χ2n) is 2.78. The average molecular weight is 191 g/mol. The summed E-state index contributed by atoms with van der Waals surface area (Å²) in [5.74, 6) is 3.15. The molecule has 1 fully saturated rings. The summed E-state index contributed by atoms with van der Waals surface area (Å²) in [6, 6.07) is 0. The van der Waals surface area contributed by atoms with E-state index < -0.39 is 0 Å². The molecule has 0 aromatic carbocycles. The van der Waals surface area contributed by atoms with Crippen LogP contribution < -0.4 is 0 Å². The molecule has 0 radical (unpaired) electrons. The highest BCUT2D eigenvalue weighted by atomic mass is 32.2. The molecule has 1 saturated heterocycles. The van der Waals surface area contributed by atoms with E-state index in [4.69, 9.17) is 0 Å². The molecule has 2 nitrogen and oxygen atoms in total. The summed E-state index contributed by atoms with van der Waals surface area (Å²) < 4.78 is 1.75. The van der Waals surface area contributed by atoms with Gasteiger partial charge in [-0.25, -0.2) is 0 Å². The van der Waals surface area contributed by atoms with Gasteiger partial charge in [-0.3, -0.25) is 4.79 Å². The van der Waals surface area contributed by atoms with E-state index in [1.807, 2.05) is 11.8 Å². The maximum Gasteiger partial charge on any atom is 0.225 e. The molecule has 1 amide bonds. The Kier molecular flexibility index (Phi) is 3.67. The highest BCUT2D eigenvalue weighted by Gasteiger charge is 2.26. The lowest BCUT2D eigenvalue weighted by atomic mass is 10.1. The second-order valence-corrected chi connectivity index (χ2v) is 4.72. The molecule has 0 spiro atoms. The van der Waals surface area contributed by atoms with Gasteiger partial charge in [-0.2, -0.15) is 11.8 Å². The van der Waals surface area contributed by atoms with E-state index in [2.05, 4.69) is 16.3 Å². The van der Waals surface area contributed by atoms with Crippen LogP contribution in [0.2, 0.25) is 0 Å². The van der Waals surface area contributed by atoms with Crippen molar-refractivity contribution in [3.63, 3.8) is 0 Å². The zero-order chi connectivity index (χ0) is 8.27. The first kappa shape index (κ1) is 9.34. The van der Waals surface area contributed by atoms with Crippen LogP contribution in [-0.4, -0.2) is 28.6 Å². The molecule has 0 N–H and O–H groups in total. The van der Waals surface area contributed by atoms with Crippen molar-refractivity contribution < 1.29 is 4.79 Å². The molecule has 64 valence electrons. The highest BCUT2D eigenvalue weighted by molar-refractivity contribution is 7.99. The van der Waals surface area contributed by atoms with Crippen LogP contribution >= 0.6 is 21.2 Å². The lowest BCUT2D eigenvalue weighted by molar-refractivity contribution is -0.123. The fourth-order valence-corrected chi connectivity index (χ4v) is 2.40. The van der Waals surface area contributed by atoms with E-state index in [0.29, 0.717) is 5.92 Å². The van der Waals surface area contributed by atoms with Crippen molar-refractivity contribution in [2.75, 3.05) is 18.1 Å². The number of thioether (sulfide) groups is 1. The summed E-state index contributed by atoms with van der Waals surface area (Å²) >= 11 is 1.92. The number of carbonyl (C=O) groups excluding carboxylic acids is 1. The monoisotopic (exact) mass is 191 g/mol. The van der Waals surface area contributed by atoms with Crippen molar-refractivity contribution in [2.45, 2.75) is 13.3 Å². The van der Waals surface area contributed by atoms with E-state index >= 15 is 0 Å². The van der Waals surface area contributed by atoms with Gasteiger partial charge in [0.1, 0.15) is 0 Å². The van der Waals surface area contributed by atoms with Gasteiger partial charge in [-0.15, -0.1) is 0 Å². The van der Waals surface area contributed by atoms with Crippen LogP contribution in [0.15, 0.2) is 0 Å². The summed E-state index contributed by atoms with van der Waals surface area (Å²) in [4.78, 5) is 11.0. The van der Waals surface area contributed by atoms with Crippen molar-refractivity contribution in [1.29, 1.82) is 0 Å². The Hall–Kier alpha value is 0.250. The van der Waals surface area contributed by atoms with Crippen LogP contribution in [0.25, 0.3) is 0 Å². The Morgan fingerprint density at radius 3 is 3.00 bits per heavy atom. The first-order chi connectivity index (χ1) is 5.24. The Labute approximate surface area is 74.4 Å². The zero-order valence-electron chi connectivity index (χ0n) is 6.75. The lowest BCUT2D eigenvalue weighted by Crippen LogP contribution is -2.12. The van der Waals surface area contributed by atoms with Crippen molar-refractivity contribution in [2.24, 2.45) is 5.92 Å². The summed E-state index contributed by atoms with van der Waals surface area (Å²) in [5.41, 5.74) is 0. The smallest absolute Gasteiger partial charge is 0.225 e. The van der Waals surface area contributed by atoms with Gasteiger partial charge in [0.05, 0.1) is 0 Å². The largest absolute Gasteiger partial charge is 0.327 e. The van der Waals surface area contributed by atoms with E-state index in [0.717, 1.165) is 24.5 Å². The van der Waals surface area contributed by atoms with Gasteiger partial charge in [-0.05, 0) is 26.8 Å². The molecular formula is C7H14NOPS. The van der Waals surface area contributed by atoms with Crippen LogP contribution in [0.4, 0.5) is 0 Å². The van der Waals surface area contributed by atoms with Gasteiger partial charge < -0.3 is 4.67 Å². The summed E-state index contributed by atoms with van der Waals surface area (Å²) in [5, 5.41) is 0. The Balaban J connectivity index is 2.24. The standard InChI is InChI=1S/C7H14NOPS/c1-2-11-5-6-3-7(9)8(10)4-6/h6H,2-5,10H2,1H3. The predicted molar refractivity (Wildman–Crippen MR) is 52.5 cm³/mol. The maximum atomic E-state index is 11.0. The van der Waals surface area contributed by atoms with Crippen LogP contribution in [0.5, 0.6) is 0 Å². The maximum absolute atomic E-state index is 11.0. The first-order valence-corrected chi connectivity index (χ1v) is 5.54. The molecule has 0 aromatic rings. The third-order valence-electron chi connectivity index (χ3n) is 1.80. The Morgan fingerprint density at radius 1 is 1.82 bits per heavy atom. The van der Waals surface area contributed by atoms with Gasteiger partial charge in [0, 0.05) is 13.0 Å². The number of hydrogen-bond acceptors (Lipinski definition) is 2. The van der Waals surface area contributed by atoms with Gasteiger partial charge in [-0.1, -0.05) is 6.92 Å². The molecule has 0 aromatic heterocycles. The van der Waals surface area contributed by atoms with Gasteiger partial charge in [0.15, 0.2) is 0 Å². The number of carbonyl (C=O) groups is 1. The molecule has 4 heteroatoms. The number of nitrogens with zero attached hydrogens (tertiary/aromatic N) is 1. The highest BCUT2D eigenvalue weighted by Crippen LogP contribution is 2.23. The molecule has 0 saturated carbocycles. The Morgan fingerprint density at radius 2 is 2.55 bits per heavy atom. The molecule has 11 heavy (non-hydrogen) atoms. The first-order valence-electron chi connectivity index (χ1n) is 3.86. The number of rotatable bonds is 3. The molecule has 0 bridgehead atoms. The molecule has 1 heterocycles. The fraction of sp³-hybridized carbons (Fsp3) is 0.857. The molecule has 0 aliphatic carbocycles. The minimum atomic E-state index is 0.275. The fourth-order valence-electron chi connectivity index (χ4n) is 1.20. The van der Waals surface area contributed by atoms with E-state index in [-0.39, 0.29) is 5.91 Å².